The molecule has 0 saturated heterocycles. The van der Waals surface area contributed by atoms with Crippen molar-refractivity contribution in [2.75, 3.05) is 0 Å². The summed E-state index contributed by atoms with van der Waals surface area (Å²) < 4.78 is 1.00. The number of nitro groups is 1. The van der Waals surface area contributed by atoms with Gasteiger partial charge in [0.1, 0.15) is 25.0 Å². The summed E-state index contributed by atoms with van der Waals surface area (Å²) in [7, 11) is 0. The largest absolute Gasteiger partial charge is 0.480 e. The lowest BCUT2D eigenvalue weighted by atomic mass is 10.1. The second-order valence-electron chi connectivity index (χ2n) is 4.12. The number of aliphatic carboxylic acids is 1. The lowest BCUT2D eigenvalue weighted by molar-refractivity contribution is -0.385. The minimum atomic E-state index is -1.31. The molecule has 1 rings (SSSR count). The summed E-state index contributed by atoms with van der Waals surface area (Å²) in [4.78, 5) is 42.9. The number of aromatic nitrogens is 2. The first-order valence-electron chi connectivity index (χ1n) is 5.77. The average molecular weight is 299 g/mol. The number of rotatable bonds is 8. The molecule has 1 aromatic rings. The third-order valence-electron chi connectivity index (χ3n) is 2.45. The van der Waals surface area contributed by atoms with Crippen LogP contribution in [0.1, 0.15) is 12.8 Å². The lowest BCUT2D eigenvalue weighted by Gasteiger charge is -2.13. The molecular weight excluding hydrogens is 286 g/mol. The van der Waals surface area contributed by atoms with Gasteiger partial charge in [0.15, 0.2) is 0 Å². The number of hydrogen-bond donors (Lipinski definition) is 3. The predicted octanol–water partition coefficient (Wildman–Crippen LogP) is -1.37. The molecule has 2 amide bonds. The first kappa shape index (κ1) is 16.1. The van der Waals surface area contributed by atoms with E-state index >= 15 is 0 Å². The Morgan fingerprint density at radius 1 is 1.52 bits per heavy atom. The van der Waals surface area contributed by atoms with Crippen LogP contribution in [0.2, 0.25) is 0 Å². The van der Waals surface area contributed by atoms with Gasteiger partial charge in [0, 0.05) is 6.42 Å². The van der Waals surface area contributed by atoms with Gasteiger partial charge in [0.2, 0.25) is 11.8 Å². The smallest absolute Gasteiger partial charge is 0.326 e. The van der Waals surface area contributed by atoms with Gasteiger partial charge in [-0.25, -0.2) is 4.79 Å². The van der Waals surface area contributed by atoms with Crippen LogP contribution in [0.25, 0.3) is 0 Å². The van der Waals surface area contributed by atoms with Crippen LogP contribution in [-0.2, 0) is 20.9 Å². The van der Waals surface area contributed by atoms with Crippen LogP contribution in [0, 0.1) is 10.1 Å². The molecule has 0 saturated carbocycles. The maximum Gasteiger partial charge on any atom is 0.326 e. The van der Waals surface area contributed by atoms with E-state index in [-0.39, 0.29) is 25.1 Å². The number of carboxylic acids is 1. The summed E-state index contributed by atoms with van der Waals surface area (Å²) in [6, 6.07) is -1.27. The van der Waals surface area contributed by atoms with Crippen LogP contribution in [0.3, 0.4) is 0 Å². The summed E-state index contributed by atoms with van der Waals surface area (Å²) in [6.07, 6.45) is 1.67. The van der Waals surface area contributed by atoms with Crippen molar-refractivity contribution >= 4 is 23.5 Å². The standard InChI is InChI=1S/C10H13N5O6/c11-8(16)2-1-7(10(18)19)13-9(17)5-14-4-6(3-12-14)15(20)21/h3-4,7H,1-2,5H2,(H2,11,16)(H,13,17)(H,18,19). The van der Waals surface area contributed by atoms with E-state index in [1.54, 1.807) is 0 Å². The SMILES string of the molecule is NC(=O)CCC(NC(=O)Cn1cc([N+](=O)[O-])cn1)C(=O)O. The van der Waals surface area contributed by atoms with Gasteiger partial charge in [0.25, 0.3) is 0 Å². The second-order valence-corrected chi connectivity index (χ2v) is 4.12. The Labute approximate surface area is 117 Å². The summed E-state index contributed by atoms with van der Waals surface area (Å²) in [6.45, 7) is -0.381. The Hall–Kier alpha value is -2.98. The molecule has 0 spiro atoms. The topological polar surface area (TPSA) is 170 Å². The van der Waals surface area contributed by atoms with E-state index < -0.39 is 28.7 Å². The molecule has 0 bridgehead atoms. The van der Waals surface area contributed by atoms with Crippen LogP contribution in [-0.4, -0.2) is 43.6 Å². The molecule has 11 heteroatoms. The fraction of sp³-hybridized carbons (Fsp3) is 0.400. The molecule has 1 atom stereocenters. The number of nitrogens with one attached hydrogen (secondary N) is 1. The second kappa shape index (κ2) is 6.98. The van der Waals surface area contributed by atoms with Crippen molar-refractivity contribution < 1.29 is 24.4 Å². The molecule has 0 fully saturated rings. The third-order valence-corrected chi connectivity index (χ3v) is 2.45. The average Bonchev–Trinajstić information content (AvgIpc) is 2.82. The van der Waals surface area contributed by atoms with Crippen LogP contribution >= 0.6 is 0 Å². The molecule has 1 unspecified atom stereocenters. The number of amides is 2. The van der Waals surface area contributed by atoms with E-state index in [2.05, 4.69) is 10.4 Å². The summed E-state index contributed by atoms with van der Waals surface area (Å²) in [5.41, 5.74) is 4.62. The zero-order valence-corrected chi connectivity index (χ0v) is 10.8. The molecule has 21 heavy (non-hydrogen) atoms. The van der Waals surface area contributed by atoms with E-state index in [1.165, 1.54) is 0 Å². The molecule has 0 aliphatic carbocycles. The minimum absolute atomic E-state index is 0.143. The van der Waals surface area contributed by atoms with Gasteiger partial charge in [-0.05, 0) is 6.42 Å². The molecule has 114 valence electrons. The number of carbonyl (C=O) groups is 3. The van der Waals surface area contributed by atoms with E-state index in [1.807, 2.05) is 0 Å². The highest BCUT2D eigenvalue weighted by molar-refractivity contribution is 5.84. The van der Waals surface area contributed by atoms with E-state index in [4.69, 9.17) is 10.8 Å². The van der Waals surface area contributed by atoms with Crippen molar-refractivity contribution in [2.24, 2.45) is 5.73 Å². The first-order valence-corrected chi connectivity index (χ1v) is 5.77. The van der Waals surface area contributed by atoms with Gasteiger partial charge in [-0.2, -0.15) is 5.10 Å². The quantitative estimate of drug-likeness (QED) is 0.392. The molecule has 0 aromatic carbocycles. The van der Waals surface area contributed by atoms with Gasteiger partial charge in [-0.3, -0.25) is 24.4 Å². The molecule has 0 aliphatic heterocycles. The van der Waals surface area contributed by atoms with Gasteiger partial charge in [0.05, 0.1) is 4.92 Å². The first-order chi connectivity index (χ1) is 9.79. The van der Waals surface area contributed by atoms with Crippen LogP contribution in [0.4, 0.5) is 5.69 Å². The zero-order valence-electron chi connectivity index (χ0n) is 10.8. The fourth-order valence-electron chi connectivity index (χ4n) is 1.46. The van der Waals surface area contributed by atoms with Gasteiger partial charge >= 0.3 is 11.7 Å². The molecule has 1 aromatic heterocycles. The van der Waals surface area contributed by atoms with Gasteiger partial charge < -0.3 is 16.2 Å². The predicted molar refractivity (Wildman–Crippen MR) is 66.9 cm³/mol. The van der Waals surface area contributed by atoms with Crippen LogP contribution < -0.4 is 11.1 Å². The van der Waals surface area contributed by atoms with Crippen molar-refractivity contribution in [2.45, 2.75) is 25.4 Å². The maximum atomic E-state index is 11.6. The molecular formula is C10H13N5O6. The van der Waals surface area contributed by atoms with Crippen molar-refractivity contribution in [3.63, 3.8) is 0 Å². The number of carbonyl (C=O) groups excluding carboxylic acids is 2. The monoisotopic (exact) mass is 299 g/mol. The normalized spacial score (nSPS) is 11.6. The van der Waals surface area contributed by atoms with Gasteiger partial charge in [-0.15, -0.1) is 0 Å². The molecule has 11 nitrogen and oxygen atoms in total. The molecule has 1 heterocycles. The van der Waals surface area contributed by atoms with Crippen LogP contribution in [0.15, 0.2) is 12.4 Å². The molecule has 0 radical (unpaired) electrons. The van der Waals surface area contributed by atoms with E-state index in [9.17, 15) is 24.5 Å². The highest BCUT2D eigenvalue weighted by atomic mass is 16.6. The zero-order chi connectivity index (χ0) is 16.0. The van der Waals surface area contributed by atoms with Crippen molar-refractivity contribution in [1.29, 1.82) is 0 Å². The Morgan fingerprint density at radius 3 is 2.67 bits per heavy atom. The van der Waals surface area contributed by atoms with Crippen molar-refractivity contribution in [3.05, 3.63) is 22.5 Å². The summed E-state index contributed by atoms with van der Waals surface area (Å²) in [5.74, 6) is -2.70. The lowest BCUT2D eigenvalue weighted by Crippen LogP contribution is -2.42. The molecule has 0 aliphatic rings. The number of nitrogens with zero attached hydrogens (tertiary/aromatic N) is 3. The fourth-order valence-corrected chi connectivity index (χ4v) is 1.46. The highest BCUT2D eigenvalue weighted by Crippen LogP contribution is 2.07. The van der Waals surface area contributed by atoms with Crippen molar-refractivity contribution in [3.8, 4) is 0 Å². The van der Waals surface area contributed by atoms with E-state index in [0.29, 0.717) is 0 Å². The third kappa shape index (κ3) is 5.26. The van der Waals surface area contributed by atoms with Gasteiger partial charge in [-0.1, -0.05) is 0 Å². The Balaban J connectivity index is 2.58. The van der Waals surface area contributed by atoms with Crippen LogP contribution in [0.5, 0.6) is 0 Å². The number of hydrogen-bond acceptors (Lipinski definition) is 6. The molecule has 4 N–H and O–H groups in total. The Bertz CT molecular complexity index is 568. The summed E-state index contributed by atoms with van der Waals surface area (Å²) in [5, 5.41) is 25.1. The number of primary amides is 1. The highest BCUT2D eigenvalue weighted by Gasteiger charge is 2.21. The number of nitrogens with two attached hydrogens (primary N) is 1. The number of carboxylic acid groups (broad SMARTS) is 1. The minimum Gasteiger partial charge on any atom is -0.480 e. The Morgan fingerprint density at radius 2 is 2.19 bits per heavy atom. The van der Waals surface area contributed by atoms with E-state index in [0.717, 1.165) is 17.1 Å². The van der Waals surface area contributed by atoms with Crippen molar-refractivity contribution in [1.82, 2.24) is 15.1 Å². The summed E-state index contributed by atoms with van der Waals surface area (Å²) >= 11 is 0. The Kier molecular flexibility index (Phi) is 5.34. The maximum absolute atomic E-state index is 11.6.